The molecule has 0 aromatic carbocycles. The Bertz CT molecular complexity index is 375. The number of ketones is 1. The first-order valence-electron chi connectivity index (χ1n) is 6.19. The summed E-state index contributed by atoms with van der Waals surface area (Å²) in [5.74, 6) is 2.90. The van der Waals surface area contributed by atoms with Crippen LogP contribution in [0.25, 0.3) is 0 Å². The van der Waals surface area contributed by atoms with Crippen molar-refractivity contribution < 1.29 is 4.79 Å². The van der Waals surface area contributed by atoms with Crippen LogP contribution in [-0.2, 0) is 4.79 Å². The van der Waals surface area contributed by atoms with Gasteiger partial charge in [0.2, 0.25) is 0 Å². The Morgan fingerprint density at radius 3 is 2.53 bits per heavy atom. The molecule has 4 aliphatic carbocycles. The maximum absolute atomic E-state index is 12.0. The normalized spacial score (nSPS) is 46.5. The summed E-state index contributed by atoms with van der Waals surface area (Å²) in [6, 6.07) is 0. The van der Waals surface area contributed by atoms with Gasteiger partial charge in [0.05, 0.1) is 0 Å². The molecule has 0 N–H and O–H groups in total. The van der Waals surface area contributed by atoms with E-state index in [-0.39, 0.29) is 5.92 Å². The highest BCUT2D eigenvalue weighted by molar-refractivity contribution is 6.00. The van der Waals surface area contributed by atoms with Crippen LogP contribution in [0.5, 0.6) is 0 Å². The Morgan fingerprint density at radius 2 is 1.93 bits per heavy atom. The largest absolute Gasteiger partial charge is 0.294 e. The van der Waals surface area contributed by atoms with E-state index in [0.29, 0.717) is 17.1 Å². The fourth-order valence-corrected chi connectivity index (χ4v) is 4.32. The molecule has 3 fully saturated rings. The van der Waals surface area contributed by atoms with Crippen LogP contribution in [0.15, 0.2) is 11.1 Å². The van der Waals surface area contributed by atoms with E-state index in [1.807, 2.05) is 0 Å². The van der Waals surface area contributed by atoms with Crippen molar-refractivity contribution >= 4 is 5.78 Å². The first kappa shape index (κ1) is 9.62. The molecule has 0 radical (unpaired) electrons. The first-order valence-corrected chi connectivity index (χ1v) is 6.19. The van der Waals surface area contributed by atoms with Crippen LogP contribution in [0.3, 0.4) is 0 Å². The summed E-state index contributed by atoms with van der Waals surface area (Å²) >= 11 is 0. The van der Waals surface area contributed by atoms with Crippen molar-refractivity contribution in [1.29, 1.82) is 0 Å². The number of rotatable bonds is 0. The van der Waals surface area contributed by atoms with Crippen LogP contribution in [0, 0.1) is 29.1 Å². The van der Waals surface area contributed by atoms with Gasteiger partial charge in [0.1, 0.15) is 0 Å². The van der Waals surface area contributed by atoms with Gasteiger partial charge in [-0.1, -0.05) is 26.3 Å². The lowest BCUT2D eigenvalue weighted by Gasteiger charge is -2.60. The van der Waals surface area contributed by atoms with Crippen LogP contribution in [-0.4, -0.2) is 5.78 Å². The molecule has 1 nitrogen and oxygen atoms in total. The quantitative estimate of drug-likeness (QED) is 0.592. The van der Waals surface area contributed by atoms with E-state index in [1.54, 1.807) is 5.57 Å². The van der Waals surface area contributed by atoms with Crippen molar-refractivity contribution in [3.8, 4) is 0 Å². The maximum atomic E-state index is 12.0. The summed E-state index contributed by atoms with van der Waals surface area (Å²) in [7, 11) is 0. The summed E-state index contributed by atoms with van der Waals surface area (Å²) in [4.78, 5) is 12.0. The van der Waals surface area contributed by atoms with Crippen molar-refractivity contribution in [3.63, 3.8) is 0 Å². The van der Waals surface area contributed by atoms with Crippen LogP contribution in [0.4, 0.5) is 0 Å². The summed E-state index contributed by atoms with van der Waals surface area (Å²) in [6.07, 6.45) is 2.61. The van der Waals surface area contributed by atoms with Crippen LogP contribution in [0.2, 0.25) is 0 Å². The lowest BCUT2D eigenvalue weighted by atomic mass is 9.45. The zero-order chi connectivity index (χ0) is 11.0. The molecular formula is C14H20O. The maximum Gasteiger partial charge on any atom is 0.161 e. The highest BCUT2D eigenvalue weighted by atomic mass is 16.1. The van der Waals surface area contributed by atoms with Crippen molar-refractivity contribution in [2.45, 2.75) is 40.5 Å². The fourth-order valence-electron chi connectivity index (χ4n) is 4.32. The summed E-state index contributed by atoms with van der Waals surface area (Å²) < 4.78 is 0. The number of hydrogen-bond donors (Lipinski definition) is 0. The number of hydrogen-bond acceptors (Lipinski definition) is 1. The molecule has 3 saturated carbocycles. The summed E-state index contributed by atoms with van der Waals surface area (Å²) in [5, 5.41) is 0. The molecule has 15 heavy (non-hydrogen) atoms. The Kier molecular flexibility index (Phi) is 1.64. The van der Waals surface area contributed by atoms with E-state index in [1.165, 1.54) is 12.8 Å². The first-order chi connectivity index (χ1) is 6.94. The lowest BCUT2D eigenvalue weighted by molar-refractivity contribution is -0.119. The van der Waals surface area contributed by atoms with Gasteiger partial charge in [-0.3, -0.25) is 4.79 Å². The van der Waals surface area contributed by atoms with E-state index < -0.39 is 0 Å². The molecule has 0 unspecified atom stereocenters. The van der Waals surface area contributed by atoms with Crippen LogP contribution < -0.4 is 0 Å². The van der Waals surface area contributed by atoms with Gasteiger partial charge in [-0.25, -0.2) is 0 Å². The minimum absolute atomic E-state index is 0.279. The molecule has 82 valence electrons. The molecule has 0 amide bonds. The molecule has 0 heterocycles. The second kappa shape index (κ2) is 2.56. The Balaban J connectivity index is 2.07. The Labute approximate surface area is 91.9 Å². The SMILES string of the molecule is CC1=C2[C@H]3C[C@H](C[C@@H]2[C@H](C)C1=O)C3(C)C. The number of allylic oxidation sites excluding steroid dienone is 2. The Morgan fingerprint density at radius 1 is 1.27 bits per heavy atom. The molecule has 2 bridgehead atoms. The van der Waals surface area contributed by atoms with Gasteiger partial charge < -0.3 is 0 Å². The molecule has 1 heteroatoms. The second-order valence-electron chi connectivity index (χ2n) is 6.38. The summed E-state index contributed by atoms with van der Waals surface area (Å²) in [6.45, 7) is 8.95. The van der Waals surface area contributed by atoms with Gasteiger partial charge in [-0.05, 0) is 48.5 Å². The van der Waals surface area contributed by atoms with Crippen LogP contribution >= 0.6 is 0 Å². The smallest absolute Gasteiger partial charge is 0.161 e. The summed E-state index contributed by atoms with van der Waals surface area (Å²) in [5.41, 5.74) is 3.13. The van der Waals surface area contributed by atoms with Crippen molar-refractivity contribution in [1.82, 2.24) is 0 Å². The highest BCUT2D eigenvalue weighted by Crippen LogP contribution is 2.66. The fraction of sp³-hybridized carbons (Fsp3) is 0.786. The third kappa shape index (κ3) is 0.926. The van der Waals surface area contributed by atoms with E-state index in [9.17, 15) is 4.79 Å². The topological polar surface area (TPSA) is 17.1 Å². The monoisotopic (exact) mass is 204 g/mol. The third-order valence-corrected chi connectivity index (χ3v) is 5.60. The molecule has 0 aromatic heterocycles. The minimum Gasteiger partial charge on any atom is -0.294 e. The molecule has 4 atom stereocenters. The predicted molar refractivity (Wildman–Crippen MR) is 60.4 cm³/mol. The molecule has 4 aliphatic rings. The number of Topliss-reactive ketones (excluding diaryl/α,β-unsaturated/α-hetero) is 1. The Hall–Kier alpha value is -0.590. The van der Waals surface area contributed by atoms with E-state index in [4.69, 9.17) is 0 Å². The molecule has 0 spiro atoms. The number of carbonyl (C=O) groups is 1. The van der Waals surface area contributed by atoms with Crippen molar-refractivity contribution in [2.75, 3.05) is 0 Å². The van der Waals surface area contributed by atoms with Gasteiger partial charge in [-0.15, -0.1) is 0 Å². The average molecular weight is 204 g/mol. The van der Waals surface area contributed by atoms with E-state index in [0.717, 1.165) is 17.4 Å². The molecule has 4 rings (SSSR count). The zero-order valence-corrected chi connectivity index (χ0v) is 10.1. The zero-order valence-electron chi connectivity index (χ0n) is 10.1. The lowest BCUT2D eigenvalue weighted by Crippen LogP contribution is -2.52. The third-order valence-electron chi connectivity index (χ3n) is 5.60. The minimum atomic E-state index is 0.279. The van der Waals surface area contributed by atoms with Crippen LogP contribution in [0.1, 0.15) is 40.5 Å². The van der Waals surface area contributed by atoms with Gasteiger partial charge in [0.25, 0.3) is 0 Å². The van der Waals surface area contributed by atoms with E-state index >= 15 is 0 Å². The van der Waals surface area contributed by atoms with Crippen molar-refractivity contribution in [2.24, 2.45) is 29.1 Å². The van der Waals surface area contributed by atoms with Gasteiger partial charge in [-0.2, -0.15) is 0 Å². The molecular weight excluding hydrogens is 184 g/mol. The standard InChI is InChI=1S/C14H20O/c1-7-10-5-9-6-11(14(9,3)4)12(10)8(2)13(7)15/h7,9-11H,5-6H2,1-4H3/t7-,9-,10+,11+/m0/s1. The molecule has 0 aromatic rings. The van der Waals surface area contributed by atoms with Gasteiger partial charge in [0, 0.05) is 5.92 Å². The predicted octanol–water partition coefficient (Wildman–Crippen LogP) is 3.20. The second-order valence-corrected chi connectivity index (χ2v) is 6.38. The average Bonchev–Trinajstić information content (AvgIpc) is 2.44. The van der Waals surface area contributed by atoms with Gasteiger partial charge >= 0.3 is 0 Å². The molecule has 0 saturated heterocycles. The van der Waals surface area contributed by atoms with Gasteiger partial charge in [0.15, 0.2) is 5.78 Å². The van der Waals surface area contributed by atoms with E-state index in [2.05, 4.69) is 27.7 Å². The highest BCUT2D eigenvalue weighted by Gasteiger charge is 2.59. The molecule has 0 aliphatic heterocycles. The number of carbonyl (C=O) groups excluding carboxylic acids is 1. The van der Waals surface area contributed by atoms with Crippen molar-refractivity contribution in [3.05, 3.63) is 11.1 Å².